The molecular weight excluding hydrogens is 232 g/mol. The van der Waals surface area contributed by atoms with E-state index in [-0.39, 0.29) is 6.04 Å². The van der Waals surface area contributed by atoms with Crippen molar-refractivity contribution in [3.05, 3.63) is 35.9 Å². The van der Waals surface area contributed by atoms with Crippen molar-refractivity contribution in [2.45, 2.75) is 51.1 Å². The summed E-state index contributed by atoms with van der Waals surface area (Å²) in [6.07, 6.45) is 5.80. The van der Waals surface area contributed by atoms with E-state index in [0.29, 0.717) is 12.5 Å². The van der Waals surface area contributed by atoms with Crippen LogP contribution in [-0.2, 0) is 0 Å². The van der Waals surface area contributed by atoms with Crippen molar-refractivity contribution in [1.82, 2.24) is 4.90 Å². The van der Waals surface area contributed by atoms with Crippen molar-refractivity contribution in [3.8, 4) is 6.07 Å². The van der Waals surface area contributed by atoms with Gasteiger partial charge >= 0.3 is 0 Å². The first-order chi connectivity index (χ1) is 9.22. The van der Waals surface area contributed by atoms with Gasteiger partial charge in [-0.25, -0.2) is 0 Å². The summed E-state index contributed by atoms with van der Waals surface area (Å²) in [7, 11) is 2.19. The Balaban J connectivity index is 2.12. The summed E-state index contributed by atoms with van der Waals surface area (Å²) >= 11 is 0. The molecule has 2 rings (SSSR count). The topological polar surface area (TPSA) is 27.0 Å². The molecule has 2 nitrogen and oxygen atoms in total. The van der Waals surface area contributed by atoms with Crippen LogP contribution >= 0.6 is 0 Å². The molecule has 0 aliphatic heterocycles. The van der Waals surface area contributed by atoms with Gasteiger partial charge in [0.1, 0.15) is 0 Å². The minimum absolute atomic E-state index is 0.237. The molecule has 0 spiro atoms. The van der Waals surface area contributed by atoms with E-state index in [4.69, 9.17) is 5.26 Å². The Morgan fingerprint density at radius 2 is 2.05 bits per heavy atom. The number of nitriles is 1. The van der Waals surface area contributed by atoms with Crippen LogP contribution in [0.25, 0.3) is 0 Å². The van der Waals surface area contributed by atoms with E-state index in [0.717, 1.165) is 5.92 Å². The number of nitrogens with zero attached hydrogens (tertiary/aromatic N) is 2. The fourth-order valence-electron chi connectivity index (χ4n) is 3.29. The Kier molecular flexibility index (Phi) is 4.99. The zero-order valence-electron chi connectivity index (χ0n) is 12.0. The quantitative estimate of drug-likeness (QED) is 0.809. The first-order valence-corrected chi connectivity index (χ1v) is 7.36. The van der Waals surface area contributed by atoms with Gasteiger partial charge in [0.05, 0.1) is 12.5 Å². The first kappa shape index (κ1) is 14.1. The Bertz CT molecular complexity index is 421. The van der Waals surface area contributed by atoms with E-state index in [2.05, 4.69) is 49.2 Å². The number of hydrogen-bond donors (Lipinski definition) is 0. The summed E-state index contributed by atoms with van der Waals surface area (Å²) in [6, 6.07) is 13.7. The lowest BCUT2D eigenvalue weighted by Gasteiger charge is -2.38. The second-order valence-corrected chi connectivity index (χ2v) is 5.88. The van der Waals surface area contributed by atoms with Gasteiger partial charge in [0.2, 0.25) is 0 Å². The van der Waals surface area contributed by atoms with Crippen LogP contribution in [-0.4, -0.2) is 18.0 Å². The van der Waals surface area contributed by atoms with Crippen molar-refractivity contribution >= 4 is 0 Å². The maximum absolute atomic E-state index is 9.12. The third-order valence-electron chi connectivity index (χ3n) is 4.45. The van der Waals surface area contributed by atoms with E-state index in [1.54, 1.807) is 0 Å². The highest BCUT2D eigenvalue weighted by Crippen LogP contribution is 2.32. The molecule has 1 fully saturated rings. The summed E-state index contributed by atoms with van der Waals surface area (Å²) < 4.78 is 0. The largest absolute Gasteiger partial charge is 0.295 e. The van der Waals surface area contributed by atoms with Gasteiger partial charge in [0.25, 0.3) is 0 Å². The molecule has 0 heterocycles. The molecule has 1 aliphatic carbocycles. The molecule has 0 aromatic heterocycles. The predicted octanol–water partition coefficient (Wildman–Crippen LogP) is 4.15. The maximum atomic E-state index is 9.12. The molecule has 0 bridgehead atoms. The molecular formula is C17H24N2. The lowest BCUT2D eigenvalue weighted by molar-refractivity contribution is 0.119. The number of rotatable bonds is 4. The molecule has 1 aromatic carbocycles. The fourth-order valence-corrected chi connectivity index (χ4v) is 3.29. The minimum Gasteiger partial charge on any atom is -0.295 e. The molecule has 0 saturated heterocycles. The van der Waals surface area contributed by atoms with Crippen LogP contribution < -0.4 is 0 Å². The Hall–Kier alpha value is -1.33. The zero-order valence-corrected chi connectivity index (χ0v) is 12.0. The summed E-state index contributed by atoms with van der Waals surface area (Å²) in [4.78, 5) is 2.44. The fraction of sp³-hybridized carbons (Fsp3) is 0.588. The third kappa shape index (κ3) is 3.58. The summed E-state index contributed by atoms with van der Waals surface area (Å²) in [5.41, 5.74) is 1.27. The predicted molar refractivity (Wildman–Crippen MR) is 78.6 cm³/mol. The molecule has 0 radical (unpaired) electrons. The van der Waals surface area contributed by atoms with Crippen molar-refractivity contribution in [2.75, 3.05) is 7.05 Å². The van der Waals surface area contributed by atoms with Crippen LogP contribution in [0.5, 0.6) is 0 Å². The van der Waals surface area contributed by atoms with E-state index in [9.17, 15) is 0 Å². The normalized spacial score (nSPS) is 24.9. The molecule has 0 N–H and O–H groups in total. The smallest absolute Gasteiger partial charge is 0.0641 e. The Morgan fingerprint density at radius 1 is 1.32 bits per heavy atom. The summed E-state index contributed by atoms with van der Waals surface area (Å²) in [5, 5.41) is 9.12. The second kappa shape index (κ2) is 6.73. The molecule has 0 amide bonds. The number of benzene rings is 1. The van der Waals surface area contributed by atoms with E-state index in [1.807, 2.05) is 6.07 Å². The average molecular weight is 256 g/mol. The first-order valence-electron chi connectivity index (χ1n) is 7.36. The lowest BCUT2D eigenvalue weighted by Crippen LogP contribution is -2.38. The van der Waals surface area contributed by atoms with Crippen LogP contribution in [0, 0.1) is 17.2 Å². The lowest BCUT2D eigenvalue weighted by atomic mass is 9.85. The van der Waals surface area contributed by atoms with Gasteiger partial charge in [0.15, 0.2) is 0 Å². The van der Waals surface area contributed by atoms with Crippen molar-refractivity contribution < 1.29 is 0 Å². The average Bonchev–Trinajstić information content (AvgIpc) is 2.45. The third-order valence-corrected chi connectivity index (χ3v) is 4.45. The van der Waals surface area contributed by atoms with Crippen LogP contribution in [0.1, 0.15) is 50.6 Å². The van der Waals surface area contributed by atoms with Gasteiger partial charge in [-0.2, -0.15) is 5.26 Å². The standard InChI is InChI=1S/C17H24N2/c1-14-7-6-10-16(13-14)19(2)17(11-12-18)15-8-4-3-5-9-15/h3-5,8-9,14,16-17H,6-7,10-11,13H2,1-2H3. The van der Waals surface area contributed by atoms with Crippen LogP contribution in [0.4, 0.5) is 0 Å². The Labute approximate surface area is 117 Å². The van der Waals surface area contributed by atoms with Crippen molar-refractivity contribution in [1.29, 1.82) is 5.26 Å². The molecule has 1 aromatic rings. The molecule has 1 aliphatic rings. The highest BCUT2D eigenvalue weighted by Gasteiger charge is 2.27. The second-order valence-electron chi connectivity index (χ2n) is 5.88. The maximum Gasteiger partial charge on any atom is 0.0641 e. The van der Waals surface area contributed by atoms with Gasteiger partial charge < -0.3 is 0 Å². The molecule has 19 heavy (non-hydrogen) atoms. The van der Waals surface area contributed by atoms with Crippen molar-refractivity contribution in [2.24, 2.45) is 5.92 Å². The summed E-state index contributed by atoms with van der Waals surface area (Å²) in [6.45, 7) is 2.35. The van der Waals surface area contributed by atoms with E-state index in [1.165, 1.54) is 31.2 Å². The highest BCUT2D eigenvalue weighted by molar-refractivity contribution is 5.20. The van der Waals surface area contributed by atoms with Gasteiger partial charge in [-0.15, -0.1) is 0 Å². The van der Waals surface area contributed by atoms with Crippen LogP contribution in [0.15, 0.2) is 30.3 Å². The zero-order chi connectivity index (χ0) is 13.7. The van der Waals surface area contributed by atoms with E-state index >= 15 is 0 Å². The van der Waals surface area contributed by atoms with Gasteiger partial charge in [-0.3, -0.25) is 4.90 Å². The minimum atomic E-state index is 0.237. The van der Waals surface area contributed by atoms with Crippen molar-refractivity contribution in [3.63, 3.8) is 0 Å². The Morgan fingerprint density at radius 3 is 2.68 bits per heavy atom. The molecule has 3 unspecified atom stereocenters. The van der Waals surface area contributed by atoms with Crippen LogP contribution in [0.2, 0.25) is 0 Å². The molecule has 2 heteroatoms. The van der Waals surface area contributed by atoms with Gasteiger partial charge in [-0.05, 0) is 31.4 Å². The monoisotopic (exact) mass is 256 g/mol. The summed E-state index contributed by atoms with van der Waals surface area (Å²) in [5.74, 6) is 0.819. The SMILES string of the molecule is CC1CCCC(N(C)C(CC#N)c2ccccc2)C1. The van der Waals surface area contributed by atoms with Gasteiger partial charge in [-0.1, -0.05) is 50.1 Å². The molecule has 102 valence electrons. The molecule has 3 atom stereocenters. The molecule has 1 saturated carbocycles. The van der Waals surface area contributed by atoms with E-state index < -0.39 is 0 Å². The van der Waals surface area contributed by atoms with Gasteiger partial charge in [0, 0.05) is 12.1 Å². The number of hydrogen-bond acceptors (Lipinski definition) is 2. The van der Waals surface area contributed by atoms with Crippen LogP contribution in [0.3, 0.4) is 0 Å². The highest BCUT2D eigenvalue weighted by atomic mass is 15.2.